The highest BCUT2D eigenvalue weighted by Gasteiger charge is 2.55. The van der Waals surface area contributed by atoms with E-state index in [1.165, 1.54) is 22.8 Å². The molecule has 7 heteroatoms. The number of hydrogen-bond acceptors (Lipinski definition) is 5. The maximum Gasteiger partial charge on any atom is 0.325 e. The van der Waals surface area contributed by atoms with Crippen LogP contribution in [-0.4, -0.2) is 69.4 Å². The molecule has 1 aromatic carbocycles. The highest BCUT2D eigenvalue weighted by molar-refractivity contribution is 7.99. The van der Waals surface area contributed by atoms with Gasteiger partial charge in [-0.25, -0.2) is 4.79 Å². The summed E-state index contributed by atoms with van der Waals surface area (Å²) in [7, 11) is 0. The van der Waals surface area contributed by atoms with Gasteiger partial charge in [-0.2, -0.15) is 11.8 Å². The molecule has 2 aromatic rings. The summed E-state index contributed by atoms with van der Waals surface area (Å²) in [5.41, 5.74) is 1.12. The van der Waals surface area contributed by atoms with E-state index in [0.29, 0.717) is 25.4 Å². The minimum atomic E-state index is -0.862. The molecule has 1 N–H and O–H groups in total. The summed E-state index contributed by atoms with van der Waals surface area (Å²) in [4.78, 5) is 35.4. The van der Waals surface area contributed by atoms with Crippen molar-refractivity contribution in [2.24, 2.45) is 5.92 Å². The van der Waals surface area contributed by atoms with Crippen LogP contribution in [0.5, 0.6) is 0 Å². The molecule has 3 fully saturated rings. The maximum atomic E-state index is 13.9. The number of benzene rings is 1. The normalized spacial score (nSPS) is 26.7. The maximum absolute atomic E-state index is 13.9. The Bertz CT molecular complexity index is 959. The quantitative estimate of drug-likeness (QED) is 0.637. The van der Waals surface area contributed by atoms with Gasteiger partial charge in [0.1, 0.15) is 5.54 Å². The van der Waals surface area contributed by atoms with E-state index >= 15 is 0 Å². The number of aromatic nitrogens is 1. The molecule has 0 radical (unpaired) electrons. The summed E-state index contributed by atoms with van der Waals surface area (Å²) >= 11 is 2.04. The highest BCUT2D eigenvalue weighted by Crippen LogP contribution is 2.38. The number of nitrogens with zero attached hydrogens (tertiary/aromatic N) is 3. The lowest BCUT2D eigenvalue weighted by Crippen LogP contribution is -2.58. The number of urea groups is 1. The van der Waals surface area contributed by atoms with Crippen molar-refractivity contribution in [3.05, 3.63) is 66.0 Å². The lowest BCUT2D eigenvalue weighted by molar-refractivity contribution is -0.134. The predicted molar refractivity (Wildman–Crippen MR) is 131 cm³/mol. The van der Waals surface area contributed by atoms with Crippen LogP contribution in [0.4, 0.5) is 4.79 Å². The van der Waals surface area contributed by atoms with E-state index in [1.807, 2.05) is 48.2 Å². The lowest BCUT2D eigenvalue weighted by Gasteiger charge is -2.42. The average molecular weight is 465 g/mol. The average Bonchev–Trinajstić information content (AvgIpc) is 3.47. The van der Waals surface area contributed by atoms with Crippen LogP contribution in [-0.2, 0) is 17.6 Å². The van der Waals surface area contributed by atoms with Gasteiger partial charge in [-0.15, -0.1) is 0 Å². The topological polar surface area (TPSA) is 65.5 Å². The first-order chi connectivity index (χ1) is 16.2. The second-order valence-electron chi connectivity index (χ2n) is 9.42. The molecule has 2 unspecified atom stereocenters. The summed E-state index contributed by atoms with van der Waals surface area (Å²) in [5, 5.41) is 3.20. The van der Waals surface area contributed by atoms with E-state index in [1.54, 1.807) is 6.20 Å². The molecule has 3 aliphatic heterocycles. The van der Waals surface area contributed by atoms with Crippen LogP contribution in [0.3, 0.4) is 0 Å². The van der Waals surface area contributed by atoms with Crippen molar-refractivity contribution in [1.29, 1.82) is 0 Å². The number of amides is 3. The van der Waals surface area contributed by atoms with Crippen molar-refractivity contribution in [3.8, 4) is 0 Å². The summed E-state index contributed by atoms with van der Waals surface area (Å²) in [6.07, 6.45) is 6.00. The van der Waals surface area contributed by atoms with Gasteiger partial charge in [-0.1, -0.05) is 36.4 Å². The third-order valence-electron chi connectivity index (χ3n) is 7.49. The summed E-state index contributed by atoms with van der Waals surface area (Å²) < 4.78 is 0. The SMILES string of the molecule is O=C1NC(Cc2ccccc2)(C2CCN(C3CCSC3)CC2)C(=O)N1CCc1ccccn1. The van der Waals surface area contributed by atoms with Crippen molar-refractivity contribution in [3.63, 3.8) is 0 Å². The molecule has 1 aromatic heterocycles. The van der Waals surface area contributed by atoms with Crippen LogP contribution in [0, 0.1) is 5.92 Å². The number of piperidine rings is 1. The number of carbonyl (C=O) groups is 2. The molecule has 3 amide bonds. The lowest BCUT2D eigenvalue weighted by atomic mass is 9.73. The Hall–Kier alpha value is -2.38. The summed E-state index contributed by atoms with van der Waals surface area (Å²) in [6.45, 7) is 2.36. The first-order valence-electron chi connectivity index (χ1n) is 12.1. The summed E-state index contributed by atoms with van der Waals surface area (Å²) in [5.74, 6) is 2.54. The standard InChI is InChI=1S/C26H32N4O2S/c31-24-26(18-20-6-2-1-3-7-20,21-9-14-29(15-10-21)23-12-17-33-19-23)28-25(32)30(24)16-11-22-8-4-5-13-27-22/h1-8,13,21,23H,9-12,14-19H2,(H,28,32). The fourth-order valence-electron chi connectivity index (χ4n) is 5.65. The number of nitrogens with one attached hydrogen (secondary N) is 1. The second kappa shape index (κ2) is 9.85. The minimum Gasteiger partial charge on any atom is -0.322 e. The number of rotatable bonds is 7. The predicted octanol–water partition coefficient (Wildman–Crippen LogP) is 3.37. The Morgan fingerprint density at radius 2 is 1.82 bits per heavy atom. The fourth-order valence-corrected chi connectivity index (χ4v) is 6.90. The first-order valence-corrected chi connectivity index (χ1v) is 13.2. The molecule has 33 heavy (non-hydrogen) atoms. The monoisotopic (exact) mass is 464 g/mol. The fraction of sp³-hybridized carbons (Fsp3) is 0.500. The molecule has 3 saturated heterocycles. The van der Waals surface area contributed by atoms with Crippen LogP contribution in [0.2, 0.25) is 0 Å². The number of likely N-dealkylation sites (tertiary alicyclic amines) is 1. The number of hydrogen-bond donors (Lipinski definition) is 1. The van der Waals surface area contributed by atoms with E-state index in [2.05, 4.69) is 27.3 Å². The zero-order valence-corrected chi connectivity index (χ0v) is 19.8. The zero-order chi connectivity index (χ0) is 22.7. The van der Waals surface area contributed by atoms with Gasteiger partial charge in [-0.3, -0.25) is 19.6 Å². The number of imide groups is 1. The van der Waals surface area contributed by atoms with Crippen LogP contribution in [0.1, 0.15) is 30.5 Å². The first kappa shape index (κ1) is 22.4. The molecular formula is C26H32N4O2S. The van der Waals surface area contributed by atoms with Crippen molar-refractivity contribution in [2.45, 2.75) is 43.7 Å². The summed E-state index contributed by atoms with van der Waals surface area (Å²) in [6, 6.07) is 16.3. The molecule has 4 heterocycles. The van der Waals surface area contributed by atoms with Gasteiger partial charge in [0.25, 0.3) is 5.91 Å². The van der Waals surface area contributed by atoms with Crippen molar-refractivity contribution < 1.29 is 9.59 Å². The van der Waals surface area contributed by atoms with E-state index in [0.717, 1.165) is 37.2 Å². The largest absolute Gasteiger partial charge is 0.325 e. The molecule has 0 bridgehead atoms. The van der Waals surface area contributed by atoms with Gasteiger partial charge in [0.05, 0.1) is 0 Å². The van der Waals surface area contributed by atoms with Crippen LogP contribution < -0.4 is 5.32 Å². The Morgan fingerprint density at radius 1 is 1.03 bits per heavy atom. The van der Waals surface area contributed by atoms with Gasteiger partial charge in [-0.05, 0) is 61.7 Å². The van der Waals surface area contributed by atoms with Crippen LogP contribution in [0.15, 0.2) is 54.7 Å². The molecule has 174 valence electrons. The van der Waals surface area contributed by atoms with Gasteiger partial charge in [0, 0.05) is 43.1 Å². The number of thioether (sulfide) groups is 1. The Labute approximate surface area is 200 Å². The molecule has 0 aliphatic carbocycles. The van der Waals surface area contributed by atoms with Crippen molar-refractivity contribution >= 4 is 23.7 Å². The molecule has 5 rings (SSSR count). The number of carbonyl (C=O) groups excluding carboxylic acids is 2. The van der Waals surface area contributed by atoms with Crippen molar-refractivity contribution in [1.82, 2.24) is 20.1 Å². The molecular weight excluding hydrogens is 432 g/mol. The Kier molecular flexibility index (Phi) is 6.69. The van der Waals surface area contributed by atoms with Gasteiger partial charge in [0.15, 0.2) is 0 Å². The van der Waals surface area contributed by atoms with E-state index in [9.17, 15) is 9.59 Å². The van der Waals surface area contributed by atoms with Crippen LogP contribution >= 0.6 is 11.8 Å². The molecule has 6 nitrogen and oxygen atoms in total. The zero-order valence-electron chi connectivity index (χ0n) is 19.0. The minimum absolute atomic E-state index is 0.0674. The third kappa shape index (κ3) is 4.66. The van der Waals surface area contributed by atoms with Crippen LogP contribution in [0.25, 0.3) is 0 Å². The van der Waals surface area contributed by atoms with Gasteiger partial charge < -0.3 is 5.32 Å². The molecule has 2 atom stereocenters. The second-order valence-corrected chi connectivity index (χ2v) is 10.6. The third-order valence-corrected chi connectivity index (χ3v) is 8.64. The van der Waals surface area contributed by atoms with E-state index in [4.69, 9.17) is 0 Å². The van der Waals surface area contributed by atoms with Gasteiger partial charge in [0.2, 0.25) is 0 Å². The smallest absolute Gasteiger partial charge is 0.322 e. The van der Waals surface area contributed by atoms with E-state index in [-0.39, 0.29) is 17.9 Å². The van der Waals surface area contributed by atoms with Crippen molar-refractivity contribution in [2.75, 3.05) is 31.1 Å². The highest BCUT2D eigenvalue weighted by atomic mass is 32.2. The Balaban J connectivity index is 1.35. The number of pyridine rings is 1. The molecule has 0 spiro atoms. The Morgan fingerprint density at radius 3 is 2.52 bits per heavy atom. The van der Waals surface area contributed by atoms with Gasteiger partial charge >= 0.3 is 6.03 Å². The van der Waals surface area contributed by atoms with E-state index < -0.39 is 5.54 Å². The molecule has 3 aliphatic rings. The molecule has 0 saturated carbocycles.